The van der Waals surface area contributed by atoms with Gasteiger partial charge in [0.1, 0.15) is 11.4 Å². The first kappa shape index (κ1) is 18.7. The lowest BCUT2D eigenvalue weighted by atomic mass is 10.1. The number of nitrogens with two attached hydrogens (primary N) is 1. The van der Waals surface area contributed by atoms with E-state index in [-0.39, 0.29) is 18.0 Å². The van der Waals surface area contributed by atoms with Gasteiger partial charge in [-0.25, -0.2) is 4.99 Å². The summed E-state index contributed by atoms with van der Waals surface area (Å²) in [6, 6.07) is 0.175. The number of aliphatic imine (C=N–C) groups is 1. The van der Waals surface area contributed by atoms with Crippen molar-refractivity contribution in [3.8, 4) is 0 Å². The van der Waals surface area contributed by atoms with Crippen molar-refractivity contribution in [2.24, 2.45) is 10.7 Å². The summed E-state index contributed by atoms with van der Waals surface area (Å²) >= 11 is 0. The summed E-state index contributed by atoms with van der Waals surface area (Å²) in [6.07, 6.45) is 0.886. The first-order chi connectivity index (χ1) is 12.2. The third-order valence-electron chi connectivity index (χ3n) is 4.93. The molecule has 1 saturated carbocycles. The molecule has 26 heavy (non-hydrogen) atoms. The first-order valence-electron chi connectivity index (χ1n) is 8.38. The molecule has 0 saturated heterocycles. The van der Waals surface area contributed by atoms with Crippen LogP contribution in [0.15, 0.2) is 22.6 Å². The van der Waals surface area contributed by atoms with Gasteiger partial charge >= 0.3 is 6.18 Å². The molecular formula is C16H23F3N6O. The molecule has 1 aliphatic carbocycles. The van der Waals surface area contributed by atoms with Crippen molar-refractivity contribution in [1.29, 1.82) is 0 Å². The zero-order valence-electron chi connectivity index (χ0n) is 14.9. The van der Waals surface area contributed by atoms with Gasteiger partial charge in [-0.3, -0.25) is 10.4 Å². The fraction of sp³-hybridized carbons (Fsp3) is 0.625. The maximum atomic E-state index is 13.1. The Morgan fingerprint density at radius 2 is 2.15 bits per heavy atom. The van der Waals surface area contributed by atoms with Crippen molar-refractivity contribution in [1.82, 2.24) is 20.4 Å². The van der Waals surface area contributed by atoms with E-state index in [0.29, 0.717) is 11.3 Å². The number of aromatic nitrogens is 2. The quantitative estimate of drug-likeness (QED) is 0.748. The molecule has 2 aliphatic rings. The van der Waals surface area contributed by atoms with Crippen LogP contribution >= 0.6 is 0 Å². The van der Waals surface area contributed by atoms with Gasteiger partial charge in [-0.2, -0.15) is 18.3 Å². The second kappa shape index (κ2) is 6.58. The molecule has 1 aliphatic heterocycles. The Morgan fingerprint density at radius 3 is 2.73 bits per heavy atom. The van der Waals surface area contributed by atoms with Crippen LogP contribution in [0.2, 0.25) is 0 Å². The molecule has 0 aromatic carbocycles. The summed E-state index contributed by atoms with van der Waals surface area (Å²) in [5.74, 6) is -1.74. The van der Waals surface area contributed by atoms with Gasteiger partial charge in [0.2, 0.25) is 5.79 Å². The van der Waals surface area contributed by atoms with Crippen molar-refractivity contribution in [3.63, 3.8) is 0 Å². The van der Waals surface area contributed by atoms with Crippen LogP contribution in [0.4, 0.5) is 13.2 Å². The third kappa shape index (κ3) is 3.30. The molecule has 2 heterocycles. The van der Waals surface area contributed by atoms with Gasteiger partial charge in [0, 0.05) is 26.6 Å². The highest BCUT2D eigenvalue weighted by atomic mass is 19.4. The molecule has 7 nitrogen and oxygen atoms in total. The summed E-state index contributed by atoms with van der Waals surface area (Å²) in [7, 11) is 3.08. The number of alkyl halides is 3. The highest BCUT2D eigenvalue weighted by Crippen LogP contribution is 2.34. The van der Waals surface area contributed by atoms with Crippen LogP contribution in [0, 0.1) is 6.92 Å². The van der Waals surface area contributed by atoms with E-state index >= 15 is 0 Å². The van der Waals surface area contributed by atoms with E-state index in [0.717, 1.165) is 25.5 Å². The summed E-state index contributed by atoms with van der Waals surface area (Å²) in [4.78, 5) is 3.96. The van der Waals surface area contributed by atoms with E-state index in [2.05, 4.69) is 20.7 Å². The van der Waals surface area contributed by atoms with Crippen LogP contribution < -0.4 is 16.4 Å². The minimum atomic E-state index is -4.53. The Hall–Kier alpha value is -2.07. The summed E-state index contributed by atoms with van der Waals surface area (Å²) in [5.41, 5.74) is 6.54. The highest BCUT2D eigenvalue weighted by molar-refractivity contribution is 5.82. The van der Waals surface area contributed by atoms with Gasteiger partial charge in [0.25, 0.3) is 0 Å². The number of ether oxygens (including phenoxy) is 1. The van der Waals surface area contributed by atoms with Gasteiger partial charge in [-0.15, -0.1) is 0 Å². The largest absolute Gasteiger partial charge is 0.421 e. The lowest BCUT2D eigenvalue weighted by molar-refractivity contribution is -0.0875. The first-order valence-corrected chi connectivity index (χ1v) is 8.38. The van der Waals surface area contributed by atoms with E-state index in [4.69, 9.17) is 10.5 Å². The van der Waals surface area contributed by atoms with E-state index < -0.39 is 17.5 Å². The van der Waals surface area contributed by atoms with Crippen LogP contribution in [-0.2, 0) is 10.5 Å². The minimum Gasteiger partial charge on any atom is -0.381 e. The molecule has 0 amide bonds. The van der Waals surface area contributed by atoms with E-state index in [9.17, 15) is 13.2 Å². The molecule has 0 spiro atoms. The Bertz CT molecular complexity index is 741. The predicted molar refractivity (Wildman–Crippen MR) is 90.3 cm³/mol. The van der Waals surface area contributed by atoms with Gasteiger partial charge in [-0.05, 0) is 26.2 Å². The molecule has 3 rings (SSSR count). The molecule has 144 valence electrons. The lowest BCUT2D eigenvalue weighted by Gasteiger charge is -2.33. The summed E-state index contributed by atoms with van der Waals surface area (Å²) in [6.45, 7) is 1.77. The van der Waals surface area contributed by atoms with E-state index in [1.165, 1.54) is 7.05 Å². The van der Waals surface area contributed by atoms with E-state index in [1.807, 2.05) is 4.68 Å². The second-order valence-corrected chi connectivity index (χ2v) is 6.62. The van der Waals surface area contributed by atoms with Gasteiger partial charge in [-0.1, -0.05) is 0 Å². The Morgan fingerprint density at radius 1 is 1.42 bits per heavy atom. The van der Waals surface area contributed by atoms with Crippen molar-refractivity contribution in [2.45, 2.75) is 50.3 Å². The fourth-order valence-corrected chi connectivity index (χ4v) is 3.48. The number of methoxy groups -OCH3 is 1. The Kier molecular flexibility index (Phi) is 4.74. The lowest BCUT2D eigenvalue weighted by Crippen LogP contribution is -2.54. The van der Waals surface area contributed by atoms with Crippen LogP contribution in [0.5, 0.6) is 0 Å². The molecule has 4 N–H and O–H groups in total. The number of hydrogen-bond acceptors (Lipinski definition) is 6. The molecule has 0 radical (unpaired) electrons. The third-order valence-corrected chi connectivity index (χ3v) is 4.93. The van der Waals surface area contributed by atoms with Crippen LogP contribution in [0.3, 0.4) is 0 Å². The van der Waals surface area contributed by atoms with Crippen molar-refractivity contribution >= 4 is 6.21 Å². The zero-order chi connectivity index (χ0) is 19.1. The molecule has 10 heteroatoms. The SMILES string of the molecule is CNC1=C(C(F)(F)F)C=NC(N)(c2cn(C3CCC(OC)C3)nc2C)N1. The monoisotopic (exact) mass is 372 g/mol. The standard InChI is InChI=1S/C16H23F3N6O/c1-9-13(8-25(24-9)10-4-5-11(6-10)26-3)16(20)22-7-12(15(17,18)19)14(21-2)23-16/h7-8,10-11,21,23H,4-6,20H2,1-3H3. The van der Waals surface area contributed by atoms with Crippen LogP contribution in [0.1, 0.15) is 36.6 Å². The maximum absolute atomic E-state index is 13.1. The minimum absolute atomic E-state index is 0.175. The van der Waals surface area contributed by atoms with Crippen molar-refractivity contribution < 1.29 is 17.9 Å². The van der Waals surface area contributed by atoms with Crippen molar-refractivity contribution in [2.75, 3.05) is 14.2 Å². The summed E-state index contributed by atoms with van der Waals surface area (Å²) < 4.78 is 46.5. The fourth-order valence-electron chi connectivity index (χ4n) is 3.48. The molecule has 0 bridgehead atoms. The number of rotatable bonds is 4. The molecule has 1 aromatic heterocycles. The van der Waals surface area contributed by atoms with Crippen molar-refractivity contribution in [3.05, 3.63) is 28.8 Å². The van der Waals surface area contributed by atoms with Gasteiger partial charge < -0.3 is 15.4 Å². The highest BCUT2D eigenvalue weighted by Gasteiger charge is 2.42. The van der Waals surface area contributed by atoms with Crippen LogP contribution in [-0.4, -0.2) is 42.4 Å². The molecule has 1 fully saturated rings. The smallest absolute Gasteiger partial charge is 0.381 e. The average molecular weight is 372 g/mol. The number of nitrogens with zero attached hydrogens (tertiary/aromatic N) is 3. The zero-order valence-corrected chi connectivity index (χ0v) is 14.9. The number of hydrogen-bond donors (Lipinski definition) is 3. The average Bonchev–Trinajstić information content (AvgIpc) is 3.20. The second-order valence-electron chi connectivity index (χ2n) is 6.62. The topological polar surface area (TPSA) is 89.5 Å². The normalized spacial score (nSPS) is 29.2. The molecular weight excluding hydrogens is 349 g/mol. The number of aryl methyl sites for hydroxylation is 1. The molecule has 3 atom stereocenters. The Balaban J connectivity index is 1.88. The molecule has 3 unspecified atom stereocenters. The predicted octanol–water partition coefficient (Wildman–Crippen LogP) is 1.67. The number of halogens is 3. The summed E-state index contributed by atoms with van der Waals surface area (Å²) in [5, 5.41) is 9.69. The van der Waals surface area contributed by atoms with Crippen LogP contribution in [0.25, 0.3) is 0 Å². The number of nitrogens with one attached hydrogen (secondary N) is 2. The van der Waals surface area contributed by atoms with E-state index in [1.54, 1.807) is 20.2 Å². The Labute approximate surface area is 149 Å². The molecule has 1 aromatic rings. The number of allylic oxidation sites excluding steroid dienone is 1. The van der Waals surface area contributed by atoms with Gasteiger partial charge in [0.05, 0.1) is 23.4 Å². The van der Waals surface area contributed by atoms with Gasteiger partial charge in [0.15, 0.2) is 0 Å². The maximum Gasteiger partial charge on any atom is 0.421 e.